The van der Waals surface area contributed by atoms with Crippen molar-refractivity contribution in [1.82, 2.24) is 9.80 Å². The minimum absolute atomic E-state index is 0.0249. The molecule has 1 saturated carbocycles. The van der Waals surface area contributed by atoms with Gasteiger partial charge in [0.2, 0.25) is 0 Å². The Kier molecular flexibility index (Phi) is 42.1. The normalized spacial score (nSPS) is 14.6. The lowest BCUT2D eigenvalue weighted by Gasteiger charge is -2.35. The zero-order valence-corrected chi connectivity index (χ0v) is 41.8. The van der Waals surface area contributed by atoms with Gasteiger partial charge in [-0.1, -0.05) is 201 Å². The van der Waals surface area contributed by atoms with Crippen LogP contribution >= 0.6 is 0 Å². The van der Waals surface area contributed by atoms with Gasteiger partial charge in [0.1, 0.15) is 5.78 Å². The summed E-state index contributed by atoms with van der Waals surface area (Å²) in [7, 11) is 0. The molecule has 1 N–H and O–H groups in total. The minimum Gasteiger partial charge on any atom is -0.466 e. The van der Waals surface area contributed by atoms with Gasteiger partial charge in [0, 0.05) is 44.9 Å². The van der Waals surface area contributed by atoms with Crippen molar-refractivity contribution in [3.63, 3.8) is 0 Å². The number of Topliss-reactive ketones (excluding diaryl/α,β-unsaturated/α-hetero) is 1. The number of ether oxygens (including phenoxy) is 1. The third kappa shape index (κ3) is 36.0. The molecule has 2 unspecified atom stereocenters. The van der Waals surface area contributed by atoms with E-state index in [-0.39, 0.29) is 12.6 Å². The number of carbonyl (C=O) groups is 2. The molecule has 61 heavy (non-hydrogen) atoms. The fourth-order valence-corrected chi connectivity index (χ4v) is 10.0. The molecule has 0 heterocycles. The van der Waals surface area contributed by atoms with Gasteiger partial charge in [0.05, 0.1) is 13.2 Å². The molecule has 1 fully saturated rings. The third-order valence-corrected chi connectivity index (χ3v) is 14.1. The van der Waals surface area contributed by atoms with E-state index in [0.717, 1.165) is 77.7 Å². The van der Waals surface area contributed by atoms with Gasteiger partial charge in [0.25, 0.3) is 0 Å². The molecule has 0 aromatic heterocycles. The van der Waals surface area contributed by atoms with Gasteiger partial charge in [-0.3, -0.25) is 14.5 Å². The number of hydrogen-bond donors (Lipinski definition) is 1. The number of unbranched alkanes of at least 4 members (excludes halogenated alkanes) is 21. The summed E-state index contributed by atoms with van der Waals surface area (Å²) in [6.45, 7) is 15.0. The van der Waals surface area contributed by atoms with Gasteiger partial charge >= 0.3 is 5.97 Å². The molecule has 1 aliphatic rings. The van der Waals surface area contributed by atoms with E-state index < -0.39 is 0 Å². The predicted octanol–water partition coefficient (Wildman–Crippen LogP) is 15.6. The lowest BCUT2D eigenvalue weighted by Crippen LogP contribution is -2.43. The average molecular weight is 861 g/mol. The Morgan fingerprint density at radius 2 is 0.934 bits per heavy atom. The molecular weight excluding hydrogens is 753 g/mol. The average Bonchev–Trinajstić information content (AvgIpc) is 3.26. The Bertz CT molecular complexity index is 881. The van der Waals surface area contributed by atoms with Crippen molar-refractivity contribution >= 4 is 11.8 Å². The van der Waals surface area contributed by atoms with Crippen molar-refractivity contribution in [3.05, 3.63) is 0 Å². The zero-order chi connectivity index (χ0) is 44.3. The van der Waals surface area contributed by atoms with Gasteiger partial charge in [-0.2, -0.15) is 0 Å². The van der Waals surface area contributed by atoms with E-state index >= 15 is 0 Å². The number of hydrogen-bond acceptors (Lipinski definition) is 6. The highest BCUT2D eigenvalue weighted by atomic mass is 16.5. The second-order valence-corrected chi connectivity index (χ2v) is 19.8. The van der Waals surface area contributed by atoms with Crippen LogP contribution in [0, 0.1) is 11.8 Å². The summed E-state index contributed by atoms with van der Waals surface area (Å²) in [5.74, 6) is 1.63. The summed E-state index contributed by atoms with van der Waals surface area (Å²) in [6.07, 6.45) is 47.5. The van der Waals surface area contributed by atoms with E-state index in [0.29, 0.717) is 36.7 Å². The molecule has 0 spiro atoms. The number of aliphatic hydroxyl groups is 1. The van der Waals surface area contributed by atoms with Crippen molar-refractivity contribution in [2.75, 3.05) is 45.9 Å². The fourth-order valence-electron chi connectivity index (χ4n) is 10.0. The van der Waals surface area contributed by atoms with Crippen molar-refractivity contribution in [3.8, 4) is 0 Å². The van der Waals surface area contributed by atoms with E-state index in [9.17, 15) is 14.7 Å². The first kappa shape index (κ1) is 58.0. The number of nitrogens with zero attached hydrogens (tertiary/aromatic N) is 2. The lowest BCUT2D eigenvalue weighted by atomic mass is 9.89. The molecule has 0 radical (unpaired) electrons. The lowest BCUT2D eigenvalue weighted by molar-refractivity contribution is -0.145. The van der Waals surface area contributed by atoms with Crippen LogP contribution in [0.2, 0.25) is 0 Å². The molecule has 6 nitrogen and oxygen atoms in total. The highest BCUT2D eigenvalue weighted by Crippen LogP contribution is 2.25. The monoisotopic (exact) mass is 861 g/mol. The van der Waals surface area contributed by atoms with E-state index in [1.165, 1.54) is 199 Å². The van der Waals surface area contributed by atoms with Gasteiger partial charge in [-0.05, 0) is 82.7 Å². The number of aliphatic hydroxyl groups excluding tert-OH is 1. The quantitative estimate of drug-likeness (QED) is 0.0486. The Hall–Kier alpha value is -0.980. The SMILES string of the molecule is CCCCCCCCC(CCCCCC)CC(=O)CCCCCCN(CCCCCOC(=O)CC(CCCCCC)CCCCCCCC)CCN(CCO)C1CCCCC1. The van der Waals surface area contributed by atoms with Crippen LogP contribution in [0.5, 0.6) is 0 Å². The Morgan fingerprint density at radius 1 is 0.492 bits per heavy atom. The number of carbonyl (C=O) groups excluding carboxylic acids is 2. The number of ketones is 1. The van der Waals surface area contributed by atoms with Crippen LogP contribution < -0.4 is 0 Å². The van der Waals surface area contributed by atoms with Crippen LogP contribution in [0.4, 0.5) is 0 Å². The van der Waals surface area contributed by atoms with Crippen molar-refractivity contribution in [1.29, 1.82) is 0 Å². The van der Waals surface area contributed by atoms with Crippen molar-refractivity contribution in [2.24, 2.45) is 11.8 Å². The van der Waals surface area contributed by atoms with E-state index in [1.54, 1.807) is 0 Å². The van der Waals surface area contributed by atoms with E-state index in [2.05, 4.69) is 37.5 Å². The number of esters is 1. The molecule has 0 aliphatic heterocycles. The maximum Gasteiger partial charge on any atom is 0.306 e. The fraction of sp³-hybridized carbons (Fsp3) is 0.964. The van der Waals surface area contributed by atoms with Gasteiger partial charge in [0.15, 0.2) is 0 Å². The van der Waals surface area contributed by atoms with Crippen LogP contribution in [0.1, 0.15) is 278 Å². The smallest absolute Gasteiger partial charge is 0.306 e. The molecule has 0 amide bonds. The van der Waals surface area contributed by atoms with Crippen LogP contribution in [-0.2, 0) is 14.3 Å². The molecule has 0 aromatic rings. The first-order valence-corrected chi connectivity index (χ1v) is 27.7. The summed E-state index contributed by atoms with van der Waals surface area (Å²) in [6, 6.07) is 0.624. The molecule has 0 bridgehead atoms. The van der Waals surface area contributed by atoms with Gasteiger partial charge in [-0.15, -0.1) is 0 Å². The third-order valence-electron chi connectivity index (χ3n) is 14.1. The van der Waals surface area contributed by atoms with Crippen LogP contribution in [0.3, 0.4) is 0 Å². The highest BCUT2D eigenvalue weighted by molar-refractivity contribution is 5.78. The number of rotatable bonds is 47. The summed E-state index contributed by atoms with van der Waals surface area (Å²) in [4.78, 5) is 31.3. The first-order chi connectivity index (χ1) is 30.0. The summed E-state index contributed by atoms with van der Waals surface area (Å²) >= 11 is 0. The van der Waals surface area contributed by atoms with Crippen LogP contribution in [-0.4, -0.2) is 78.6 Å². The van der Waals surface area contributed by atoms with E-state index in [4.69, 9.17) is 4.74 Å². The first-order valence-electron chi connectivity index (χ1n) is 27.7. The molecule has 0 aromatic carbocycles. The molecule has 0 saturated heterocycles. The topological polar surface area (TPSA) is 70.1 Å². The minimum atomic E-state index is 0.0249. The molecule has 1 aliphatic carbocycles. The Balaban J connectivity index is 2.54. The second kappa shape index (κ2) is 44.2. The molecular formula is C55H108N2O4. The van der Waals surface area contributed by atoms with Crippen molar-refractivity contribution in [2.45, 2.75) is 284 Å². The zero-order valence-electron chi connectivity index (χ0n) is 41.8. The molecule has 1 rings (SSSR count). The molecule has 362 valence electrons. The maximum atomic E-state index is 13.1. The molecule has 2 atom stereocenters. The van der Waals surface area contributed by atoms with Crippen molar-refractivity contribution < 1.29 is 19.4 Å². The summed E-state index contributed by atoms with van der Waals surface area (Å²) in [5, 5.41) is 9.90. The van der Waals surface area contributed by atoms with Gasteiger partial charge < -0.3 is 14.7 Å². The largest absolute Gasteiger partial charge is 0.466 e. The predicted molar refractivity (Wildman–Crippen MR) is 265 cm³/mol. The Labute approximate surface area is 381 Å². The standard InChI is InChI=1S/C55H108N2O4/c1-5-9-13-17-19-27-36-51(35-25-15-11-7-3)49-54(59)41-31-21-22-32-42-56(44-45-57(46-47-58)53-39-29-23-30-40-53)43-33-24-34-48-61-55(60)50-52(37-26-16-12-8-4)38-28-20-18-14-10-6-2/h51-53,58H,5-50H2,1-4H3. The van der Waals surface area contributed by atoms with Crippen LogP contribution in [0.15, 0.2) is 0 Å². The summed E-state index contributed by atoms with van der Waals surface area (Å²) in [5.41, 5.74) is 0. The summed E-state index contributed by atoms with van der Waals surface area (Å²) < 4.78 is 5.83. The highest BCUT2D eigenvalue weighted by Gasteiger charge is 2.21. The van der Waals surface area contributed by atoms with Crippen LogP contribution in [0.25, 0.3) is 0 Å². The molecule has 6 heteroatoms. The van der Waals surface area contributed by atoms with E-state index in [1.807, 2.05) is 0 Å². The van der Waals surface area contributed by atoms with Gasteiger partial charge in [-0.25, -0.2) is 0 Å². The maximum absolute atomic E-state index is 13.1. The Morgan fingerprint density at radius 3 is 1.46 bits per heavy atom. The second-order valence-electron chi connectivity index (χ2n) is 19.8.